The van der Waals surface area contributed by atoms with Crippen molar-refractivity contribution in [1.82, 2.24) is 15.0 Å². The lowest BCUT2D eigenvalue weighted by molar-refractivity contribution is 0.632. The van der Waals surface area contributed by atoms with E-state index >= 15 is 0 Å². The third-order valence-electron chi connectivity index (χ3n) is 2.57. The highest BCUT2D eigenvalue weighted by Gasteiger charge is 2.08. The average Bonchev–Trinajstić information content (AvgIpc) is 2.42. The molecule has 0 aliphatic carbocycles. The lowest BCUT2D eigenvalue weighted by Crippen LogP contribution is -1.99. The Kier molecular flexibility index (Phi) is 2.97. The van der Waals surface area contributed by atoms with Crippen LogP contribution in [0.5, 0.6) is 0 Å². The number of rotatable bonds is 2. The molecule has 0 radical (unpaired) electrons. The zero-order chi connectivity index (χ0) is 13.2. The normalized spacial score (nSPS) is 10.6. The first-order chi connectivity index (χ1) is 9.24. The van der Waals surface area contributed by atoms with Crippen LogP contribution < -0.4 is 5.32 Å². The van der Waals surface area contributed by atoms with Crippen LogP contribution in [0.2, 0.25) is 5.15 Å². The second-order valence-corrected chi connectivity index (χ2v) is 4.22. The summed E-state index contributed by atoms with van der Waals surface area (Å²) in [6, 6.07) is 9.71. The summed E-state index contributed by atoms with van der Waals surface area (Å²) in [6.45, 7) is 0. The number of nitrogens with zero attached hydrogens (tertiary/aromatic N) is 3. The lowest BCUT2D eigenvalue weighted by atomic mass is 10.3. The maximum Gasteiger partial charge on any atom is 0.160 e. The molecule has 1 N–H and O–H groups in total. The predicted molar refractivity (Wildman–Crippen MR) is 72.0 cm³/mol. The third-order valence-corrected chi connectivity index (χ3v) is 2.79. The number of nitrogens with one attached hydrogen (secondary N) is 1. The maximum atomic E-state index is 13.6. The summed E-state index contributed by atoms with van der Waals surface area (Å²) in [5.41, 5.74) is 1.46. The summed E-state index contributed by atoms with van der Waals surface area (Å²) in [4.78, 5) is 12.3. The summed E-state index contributed by atoms with van der Waals surface area (Å²) >= 11 is 5.86. The van der Waals surface area contributed by atoms with E-state index in [1.807, 2.05) is 0 Å². The molecule has 3 rings (SSSR count). The Hall–Kier alpha value is -2.27. The van der Waals surface area contributed by atoms with Gasteiger partial charge >= 0.3 is 0 Å². The highest BCUT2D eigenvalue weighted by atomic mass is 35.5. The molecule has 19 heavy (non-hydrogen) atoms. The van der Waals surface area contributed by atoms with E-state index in [4.69, 9.17) is 11.6 Å². The molecular weight excluding hydrogens is 267 g/mol. The fraction of sp³-hybridized carbons (Fsp3) is 0. The third kappa shape index (κ3) is 2.32. The van der Waals surface area contributed by atoms with Gasteiger partial charge < -0.3 is 5.32 Å². The zero-order valence-electron chi connectivity index (χ0n) is 9.64. The number of halogens is 2. The van der Waals surface area contributed by atoms with E-state index in [9.17, 15) is 4.39 Å². The first-order valence-electron chi connectivity index (χ1n) is 5.53. The molecule has 3 aromatic rings. The zero-order valence-corrected chi connectivity index (χ0v) is 10.4. The Labute approximate surface area is 113 Å². The smallest absolute Gasteiger partial charge is 0.160 e. The van der Waals surface area contributed by atoms with Gasteiger partial charge in [0.15, 0.2) is 5.82 Å². The van der Waals surface area contributed by atoms with Gasteiger partial charge in [-0.15, -0.1) is 0 Å². The molecule has 0 saturated heterocycles. The fourth-order valence-electron chi connectivity index (χ4n) is 1.70. The minimum atomic E-state index is -0.365. The summed E-state index contributed by atoms with van der Waals surface area (Å²) < 4.78 is 13.6. The van der Waals surface area contributed by atoms with Crippen LogP contribution in [0.4, 0.5) is 15.9 Å². The van der Waals surface area contributed by atoms with Gasteiger partial charge in [0.2, 0.25) is 0 Å². The Morgan fingerprint density at radius 2 is 1.89 bits per heavy atom. The SMILES string of the molecule is Fc1ccccc1Nc1ncnc2ccc(Cl)nc12. The van der Waals surface area contributed by atoms with Gasteiger partial charge in [0.05, 0.1) is 11.2 Å². The Balaban J connectivity index is 2.10. The van der Waals surface area contributed by atoms with Crippen LogP contribution in [0.25, 0.3) is 11.0 Å². The summed E-state index contributed by atoms with van der Waals surface area (Å²) in [6.07, 6.45) is 1.39. The second kappa shape index (κ2) is 4.78. The molecule has 0 unspecified atom stereocenters. The largest absolute Gasteiger partial charge is 0.336 e. The Morgan fingerprint density at radius 1 is 1.05 bits per heavy atom. The highest BCUT2D eigenvalue weighted by Crippen LogP contribution is 2.24. The number of hydrogen-bond donors (Lipinski definition) is 1. The van der Waals surface area contributed by atoms with Crippen molar-refractivity contribution in [3.05, 3.63) is 53.7 Å². The molecule has 2 aromatic heterocycles. The molecule has 1 aromatic carbocycles. The number of para-hydroxylation sites is 1. The first-order valence-corrected chi connectivity index (χ1v) is 5.90. The summed E-state index contributed by atoms with van der Waals surface area (Å²) in [5.74, 6) is 0.0499. The maximum absolute atomic E-state index is 13.6. The molecule has 0 aliphatic heterocycles. The number of benzene rings is 1. The molecule has 4 nitrogen and oxygen atoms in total. The number of anilines is 2. The average molecular weight is 275 g/mol. The fourth-order valence-corrected chi connectivity index (χ4v) is 1.85. The van der Waals surface area contributed by atoms with Crippen molar-refractivity contribution in [3.8, 4) is 0 Å². The predicted octanol–water partition coefficient (Wildman–Crippen LogP) is 3.56. The van der Waals surface area contributed by atoms with E-state index in [0.717, 1.165) is 0 Å². The molecule has 94 valence electrons. The van der Waals surface area contributed by atoms with Crippen molar-refractivity contribution in [1.29, 1.82) is 0 Å². The van der Waals surface area contributed by atoms with Gasteiger partial charge in [-0.05, 0) is 24.3 Å². The second-order valence-electron chi connectivity index (χ2n) is 3.83. The van der Waals surface area contributed by atoms with E-state index in [1.54, 1.807) is 30.3 Å². The number of aromatic nitrogens is 3. The van der Waals surface area contributed by atoms with Crippen molar-refractivity contribution in [2.45, 2.75) is 0 Å². The minimum absolute atomic E-state index is 0.323. The number of pyridine rings is 1. The number of hydrogen-bond acceptors (Lipinski definition) is 4. The van der Waals surface area contributed by atoms with E-state index < -0.39 is 0 Å². The van der Waals surface area contributed by atoms with Crippen molar-refractivity contribution in [3.63, 3.8) is 0 Å². The first kappa shape index (κ1) is 11.8. The number of fused-ring (bicyclic) bond motifs is 1. The summed E-state index contributed by atoms with van der Waals surface area (Å²) in [7, 11) is 0. The van der Waals surface area contributed by atoms with Crippen molar-refractivity contribution in [2.75, 3.05) is 5.32 Å². The van der Waals surface area contributed by atoms with E-state index in [1.165, 1.54) is 12.4 Å². The highest BCUT2D eigenvalue weighted by molar-refractivity contribution is 6.29. The van der Waals surface area contributed by atoms with Crippen molar-refractivity contribution in [2.24, 2.45) is 0 Å². The monoisotopic (exact) mass is 274 g/mol. The van der Waals surface area contributed by atoms with Crippen LogP contribution in [-0.2, 0) is 0 Å². The molecule has 0 spiro atoms. The van der Waals surface area contributed by atoms with Gasteiger partial charge in [0.25, 0.3) is 0 Å². The topological polar surface area (TPSA) is 50.7 Å². The lowest BCUT2D eigenvalue weighted by Gasteiger charge is -2.08. The molecule has 0 aliphatic rings. The van der Waals surface area contributed by atoms with E-state index in [2.05, 4.69) is 20.3 Å². The van der Waals surface area contributed by atoms with Crippen molar-refractivity contribution < 1.29 is 4.39 Å². The molecule has 0 saturated carbocycles. The van der Waals surface area contributed by atoms with Crippen LogP contribution in [0.1, 0.15) is 0 Å². The van der Waals surface area contributed by atoms with Gasteiger partial charge in [-0.25, -0.2) is 19.3 Å². The van der Waals surface area contributed by atoms with Gasteiger partial charge in [-0.1, -0.05) is 23.7 Å². The quantitative estimate of drug-likeness (QED) is 0.726. The van der Waals surface area contributed by atoms with E-state index in [-0.39, 0.29) is 5.82 Å². The Morgan fingerprint density at radius 3 is 2.74 bits per heavy atom. The Bertz CT molecular complexity index is 748. The molecular formula is C13H8ClFN4. The van der Waals surface area contributed by atoms with Gasteiger partial charge in [0.1, 0.15) is 22.8 Å². The molecule has 0 atom stereocenters. The molecule has 0 fully saturated rings. The molecule has 0 amide bonds. The van der Waals surface area contributed by atoms with Crippen LogP contribution in [0.3, 0.4) is 0 Å². The van der Waals surface area contributed by atoms with Crippen LogP contribution in [0, 0.1) is 5.82 Å². The van der Waals surface area contributed by atoms with Crippen LogP contribution in [0.15, 0.2) is 42.7 Å². The van der Waals surface area contributed by atoms with Crippen LogP contribution >= 0.6 is 11.6 Å². The standard InChI is InChI=1S/C13H8ClFN4/c14-11-6-5-10-12(19-11)13(17-7-16-10)18-9-4-2-1-3-8(9)15/h1-7H,(H,16,17,18). The molecule has 2 heterocycles. The molecule has 6 heteroatoms. The molecule has 0 bridgehead atoms. The minimum Gasteiger partial charge on any atom is -0.336 e. The van der Waals surface area contributed by atoms with Gasteiger partial charge in [0, 0.05) is 0 Å². The van der Waals surface area contributed by atoms with Crippen molar-refractivity contribution >= 4 is 34.1 Å². The van der Waals surface area contributed by atoms with Gasteiger partial charge in [-0.2, -0.15) is 0 Å². The summed E-state index contributed by atoms with van der Waals surface area (Å²) in [5, 5.41) is 3.23. The van der Waals surface area contributed by atoms with E-state index in [0.29, 0.717) is 27.7 Å². The van der Waals surface area contributed by atoms with Crippen LogP contribution in [-0.4, -0.2) is 15.0 Å². The van der Waals surface area contributed by atoms with Gasteiger partial charge in [-0.3, -0.25) is 0 Å².